The van der Waals surface area contributed by atoms with Crippen molar-refractivity contribution in [3.8, 4) is 0 Å². The lowest BCUT2D eigenvalue weighted by molar-refractivity contribution is -0.143. The first kappa shape index (κ1) is 16.3. The second-order valence-electron chi connectivity index (χ2n) is 5.30. The molecule has 1 aliphatic rings. The van der Waals surface area contributed by atoms with Crippen LogP contribution in [0.15, 0.2) is 15.5 Å². The van der Waals surface area contributed by atoms with Gasteiger partial charge in [0.25, 0.3) is 5.56 Å². The van der Waals surface area contributed by atoms with Crippen LogP contribution in [-0.4, -0.2) is 41.1 Å². The molecule has 9 heteroatoms. The highest BCUT2D eigenvalue weighted by atomic mass is 79.9. The van der Waals surface area contributed by atoms with Crippen molar-refractivity contribution in [3.05, 3.63) is 21.0 Å². The van der Waals surface area contributed by atoms with Crippen LogP contribution in [-0.2, 0) is 6.54 Å². The zero-order valence-electron chi connectivity index (χ0n) is 11.6. The number of nitrogens with one attached hydrogen (secondary N) is 1. The van der Waals surface area contributed by atoms with E-state index in [1.165, 1.54) is 6.20 Å². The van der Waals surface area contributed by atoms with Crippen molar-refractivity contribution >= 4 is 21.6 Å². The first-order chi connectivity index (χ1) is 9.67. The maximum Gasteiger partial charge on any atom is 0.408 e. The summed E-state index contributed by atoms with van der Waals surface area (Å²) in [5.41, 5.74) is -0.248. The Hall–Kier alpha value is -1.09. The monoisotopic (exact) mass is 368 g/mol. The van der Waals surface area contributed by atoms with Crippen molar-refractivity contribution < 1.29 is 13.2 Å². The Labute approximate surface area is 128 Å². The van der Waals surface area contributed by atoms with E-state index in [1.54, 1.807) is 0 Å². The number of nitrogens with zero attached hydrogens (tertiary/aromatic N) is 3. The summed E-state index contributed by atoms with van der Waals surface area (Å²) >= 11 is 3.11. The molecule has 1 N–H and O–H groups in total. The molecule has 2 heterocycles. The molecule has 118 valence electrons. The molecule has 1 fully saturated rings. The lowest BCUT2D eigenvalue weighted by atomic mass is 10.1. The summed E-state index contributed by atoms with van der Waals surface area (Å²) in [4.78, 5) is 13.9. The average molecular weight is 369 g/mol. The average Bonchev–Trinajstić information content (AvgIpc) is 2.32. The minimum Gasteiger partial charge on any atom is -0.366 e. The third kappa shape index (κ3) is 3.97. The standard InChI is InChI=1S/C12H16BrF3N4O/c1-7-4-19(5-8(2)18-7)9-3-17-20(6-12(14,15)16)11(21)10(9)13/h3,7-8,18H,4-6H2,1-2H3. The second-order valence-corrected chi connectivity index (χ2v) is 6.09. The number of halogens is 4. The fourth-order valence-corrected chi connectivity index (χ4v) is 3.04. The third-order valence-electron chi connectivity index (χ3n) is 3.19. The summed E-state index contributed by atoms with van der Waals surface area (Å²) in [6.07, 6.45) is -3.17. The lowest BCUT2D eigenvalue weighted by Gasteiger charge is -2.37. The second kappa shape index (κ2) is 5.96. The van der Waals surface area contributed by atoms with E-state index >= 15 is 0 Å². The van der Waals surface area contributed by atoms with E-state index in [9.17, 15) is 18.0 Å². The molecule has 0 spiro atoms. The van der Waals surface area contributed by atoms with Gasteiger partial charge in [-0.2, -0.15) is 18.3 Å². The summed E-state index contributed by atoms with van der Waals surface area (Å²) in [7, 11) is 0. The highest BCUT2D eigenvalue weighted by Gasteiger charge is 2.30. The predicted molar refractivity (Wildman–Crippen MR) is 76.5 cm³/mol. The number of anilines is 1. The molecule has 1 aromatic heterocycles. The van der Waals surface area contributed by atoms with Crippen molar-refractivity contribution in [2.45, 2.75) is 38.7 Å². The zero-order chi connectivity index (χ0) is 15.8. The van der Waals surface area contributed by atoms with Gasteiger partial charge in [0.2, 0.25) is 0 Å². The highest BCUT2D eigenvalue weighted by Crippen LogP contribution is 2.24. The molecule has 0 saturated carbocycles. The predicted octanol–water partition coefficient (Wildman–Crippen LogP) is 1.75. The Kier molecular flexibility index (Phi) is 4.62. The SMILES string of the molecule is CC1CN(c2cnn(CC(F)(F)F)c(=O)c2Br)CC(C)N1. The van der Waals surface area contributed by atoms with Crippen molar-refractivity contribution in [1.82, 2.24) is 15.1 Å². The Morgan fingerprint density at radius 1 is 1.38 bits per heavy atom. The molecule has 1 aromatic rings. The van der Waals surface area contributed by atoms with Gasteiger partial charge in [0.15, 0.2) is 0 Å². The Bertz CT molecular complexity index is 565. The van der Waals surface area contributed by atoms with Gasteiger partial charge in [0, 0.05) is 25.2 Å². The Morgan fingerprint density at radius 2 is 1.95 bits per heavy atom. The number of hydrogen-bond donors (Lipinski definition) is 1. The van der Waals surface area contributed by atoms with Crippen molar-refractivity contribution in [2.75, 3.05) is 18.0 Å². The van der Waals surface area contributed by atoms with Gasteiger partial charge in [-0.1, -0.05) is 0 Å². The molecule has 21 heavy (non-hydrogen) atoms. The Balaban J connectivity index is 2.30. The van der Waals surface area contributed by atoms with E-state index in [2.05, 4.69) is 26.3 Å². The van der Waals surface area contributed by atoms with E-state index in [0.717, 1.165) is 0 Å². The quantitative estimate of drug-likeness (QED) is 0.863. The van der Waals surface area contributed by atoms with Crippen molar-refractivity contribution in [3.63, 3.8) is 0 Å². The van der Waals surface area contributed by atoms with Crippen LogP contribution in [0.2, 0.25) is 0 Å². The fourth-order valence-electron chi connectivity index (χ4n) is 2.48. The van der Waals surface area contributed by atoms with E-state index in [1.807, 2.05) is 18.7 Å². The summed E-state index contributed by atoms with van der Waals surface area (Å²) < 4.78 is 37.7. The van der Waals surface area contributed by atoms with E-state index in [-0.39, 0.29) is 16.6 Å². The number of rotatable bonds is 2. The van der Waals surface area contributed by atoms with Gasteiger partial charge in [0.1, 0.15) is 11.0 Å². The van der Waals surface area contributed by atoms with E-state index in [4.69, 9.17) is 0 Å². The molecule has 2 rings (SSSR count). The summed E-state index contributed by atoms with van der Waals surface area (Å²) in [5, 5.41) is 6.99. The lowest BCUT2D eigenvalue weighted by Crippen LogP contribution is -2.54. The summed E-state index contributed by atoms with van der Waals surface area (Å²) in [5.74, 6) is 0. The van der Waals surface area contributed by atoms with Gasteiger partial charge in [-0.05, 0) is 29.8 Å². The molecule has 2 atom stereocenters. The van der Waals surface area contributed by atoms with Gasteiger partial charge in [-0.15, -0.1) is 0 Å². The maximum absolute atomic E-state index is 12.4. The normalized spacial score (nSPS) is 23.4. The van der Waals surface area contributed by atoms with Crippen LogP contribution in [0.25, 0.3) is 0 Å². The number of alkyl halides is 3. The minimum atomic E-state index is -4.48. The van der Waals surface area contributed by atoms with Gasteiger partial charge in [-0.25, -0.2) is 4.68 Å². The first-order valence-corrected chi connectivity index (χ1v) is 7.30. The van der Waals surface area contributed by atoms with Crippen molar-refractivity contribution in [2.24, 2.45) is 0 Å². The molecule has 1 saturated heterocycles. The van der Waals surface area contributed by atoms with E-state index < -0.39 is 18.3 Å². The molecule has 1 aliphatic heterocycles. The molecule has 0 amide bonds. The van der Waals surface area contributed by atoms with Crippen LogP contribution < -0.4 is 15.8 Å². The molecular weight excluding hydrogens is 353 g/mol. The van der Waals surface area contributed by atoms with Crippen LogP contribution in [0.5, 0.6) is 0 Å². The van der Waals surface area contributed by atoms with Crippen LogP contribution in [0.3, 0.4) is 0 Å². The third-order valence-corrected chi connectivity index (χ3v) is 3.94. The fraction of sp³-hybridized carbons (Fsp3) is 0.667. The van der Waals surface area contributed by atoms with Crippen molar-refractivity contribution in [1.29, 1.82) is 0 Å². The maximum atomic E-state index is 12.4. The molecule has 5 nitrogen and oxygen atoms in total. The topological polar surface area (TPSA) is 50.2 Å². The minimum absolute atomic E-state index is 0.114. The molecule has 0 aliphatic carbocycles. The molecule has 0 radical (unpaired) electrons. The molecule has 0 bridgehead atoms. The highest BCUT2D eigenvalue weighted by molar-refractivity contribution is 9.10. The molecule has 0 aromatic carbocycles. The Morgan fingerprint density at radius 3 is 2.48 bits per heavy atom. The smallest absolute Gasteiger partial charge is 0.366 e. The van der Waals surface area contributed by atoms with Crippen LogP contribution >= 0.6 is 15.9 Å². The van der Waals surface area contributed by atoms with Gasteiger partial charge < -0.3 is 10.2 Å². The first-order valence-electron chi connectivity index (χ1n) is 6.50. The number of aromatic nitrogens is 2. The molecule has 2 unspecified atom stereocenters. The van der Waals surface area contributed by atoms with E-state index in [0.29, 0.717) is 23.5 Å². The molecular formula is C12H16BrF3N4O. The largest absolute Gasteiger partial charge is 0.408 e. The van der Waals surface area contributed by atoms with Gasteiger partial charge >= 0.3 is 6.18 Å². The van der Waals surface area contributed by atoms with Gasteiger partial charge in [0.05, 0.1) is 11.9 Å². The summed E-state index contributed by atoms with van der Waals surface area (Å²) in [6.45, 7) is 3.95. The van der Waals surface area contributed by atoms with Crippen LogP contribution in [0.4, 0.5) is 18.9 Å². The number of hydrogen-bond acceptors (Lipinski definition) is 4. The van der Waals surface area contributed by atoms with Crippen LogP contribution in [0, 0.1) is 0 Å². The zero-order valence-corrected chi connectivity index (χ0v) is 13.2. The summed E-state index contributed by atoms with van der Waals surface area (Å²) in [6, 6.07) is 0.441. The van der Waals surface area contributed by atoms with Gasteiger partial charge in [-0.3, -0.25) is 4.79 Å². The van der Waals surface area contributed by atoms with Crippen LogP contribution in [0.1, 0.15) is 13.8 Å². The number of piperazine rings is 1.